The summed E-state index contributed by atoms with van der Waals surface area (Å²) < 4.78 is 16.9. The maximum absolute atomic E-state index is 12.6. The van der Waals surface area contributed by atoms with Crippen LogP contribution < -0.4 is 19.1 Å². The highest BCUT2D eigenvalue weighted by Crippen LogP contribution is 2.28. The minimum Gasteiger partial charge on any atom is -0.495 e. The van der Waals surface area contributed by atoms with E-state index in [-0.39, 0.29) is 12.5 Å². The molecule has 0 atom stereocenters. The predicted molar refractivity (Wildman–Crippen MR) is 124 cm³/mol. The molecule has 1 amide bonds. The molecule has 6 heteroatoms. The Morgan fingerprint density at radius 3 is 2.09 bits per heavy atom. The molecule has 0 aromatic heterocycles. The van der Waals surface area contributed by atoms with Crippen LogP contribution >= 0.6 is 0 Å². The Morgan fingerprint density at radius 1 is 0.781 bits per heavy atom. The zero-order valence-electron chi connectivity index (χ0n) is 18.3. The van der Waals surface area contributed by atoms with Gasteiger partial charge in [-0.2, -0.15) is 0 Å². The topological polar surface area (TPSA) is 51.2 Å². The molecule has 0 saturated carbocycles. The Kier molecular flexibility index (Phi) is 7.12. The van der Waals surface area contributed by atoms with Crippen LogP contribution in [0.1, 0.15) is 5.56 Å². The lowest BCUT2D eigenvalue weighted by Gasteiger charge is -2.36. The summed E-state index contributed by atoms with van der Waals surface area (Å²) in [6.45, 7) is 3.39. The van der Waals surface area contributed by atoms with Gasteiger partial charge in [-0.25, -0.2) is 0 Å². The fourth-order valence-electron chi connectivity index (χ4n) is 3.70. The molecule has 0 N–H and O–H groups in total. The van der Waals surface area contributed by atoms with Crippen LogP contribution in [0, 0.1) is 0 Å². The van der Waals surface area contributed by atoms with Crippen LogP contribution in [-0.4, -0.2) is 50.7 Å². The molecule has 1 saturated heterocycles. The van der Waals surface area contributed by atoms with Crippen molar-refractivity contribution in [1.29, 1.82) is 0 Å². The first kappa shape index (κ1) is 21.6. The molecule has 1 heterocycles. The number of anilines is 1. The van der Waals surface area contributed by atoms with Crippen molar-refractivity contribution in [2.45, 2.75) is 6.61 Å². The number of carbonyl (C=O) groups is 1. The molecule has 0 unspecified atom stereocenters. The Balaban J connectivity index is 1.22. The van der Waals surface area contributed by atoms with E-state index in [2.05, 4.69) is 4.90 Å². The molecule has 1 aliphatic rings. The van der Waals surface area contributed by atoms with Crippen LogP contribution in [0.5, 0.6) is 17.2 Å². The number of carbonyl (C=O) groups excluding carboxylic acids is 1. The van der Waals surface area contributed by atoms with Gasteiger partial charge in [-0.15, -0.1) is 0 Å². The van der Waals surface area contributed by atoms with Crippen LogP contribution in [0.2, 0.25) is 0 Å². The van der Waals surface area contributed by atoms with Gasteiger partial charge in [0.1, 0.15) is 23.9 Å². The molecule has 6 nitrogen and oxygen atoms in total. The van der Waals surface area contributed by atoms with Gasteiger partial charge in [0.15, 0.2) is 6.61 Å². The summed E-state index contributed by atoms with van der Waals surface area (Å²) in [5, 5.41) is 0. The van der Waals surface area contributed by atoms with Crippen molar-refractivity contribution >= 4 is 11.6 Å². The first-order chi connectivity index (χ1) is 15.7. The van der Waals surface area contributed by atoms with Crippen molar-refractivity contribution in [1.82, 2.24) is 4.90 Å². The second-order valence-corrected chi connectivity index (χ2v) is 7.57. The number of hydrogen-bond acceptors (Lipinski definition) is 5. The van der Waals surface area contributed by atoms with E-state index in [0.29, 0.717) is 25.4 Å². The predicted octanol–water partition coefficient (Wildman–Crippen LogP) is 4.00. The van der Waals surface area contributed by atoms with Gasteiger partial charge in [0, 0.05) is 26.2 Å². The van der Waals surface area contributed by atoms with Gasteiger partial charge in [-0.05, 0) is 42.0 Å². The maximum atomic E-state index is 12.6. The van der Waals surface area contributed by atoms with Crippen LogP contribution in [0.3, 0.4) is 0 Å². The highest BCUT2D eigenvalue weighted by Gasteiger charge is 2.23. The summed E-state index contributed by atoms with van der Waals surface area (Å²) in [5.41, 5.74) is 2.18. The lowest BCUT2D eigenvalue weighted by Crippen LogP contribution is -2.50. The van der Waals surface area contributed by atoms with E-state index < -0.39 is 0 Å². The van der Waals surface area contributed by atoms with Gasteiger partial charge in [0.25, 0.3) is 5.91 Å². The van der Waals surface area contributed by atoms with Crippen molar-refractivity contribution < 1.29 is 19.0 Å². The molecule has 3 aromatic rings. The molecule has 1 fully saturated rings. The Morgan fingerprint density at radius 2 is 1.41 bits per heavy atom. The quantitative estimate of drug-likeness (QED) is 0.539. The summed E-state index contributed by atoms with van der Waals surface area (Å²) >= 11 is 0. The SMILES string of the molecule is COc1ccccc1N1CCN(C(=O)COc2ccc(OCc3ccccc3)cc2)CC1. The van der Waals surface area contributed by atoms with Gasteiger partial charge < -0.3 is 24.0 Å². The minimum absolute atomic E-state index is 0.00548. The van der Waals surface area contributed by atoms with Crippen molar-refractivity contribution in [3.63, 3.8) is 0 Å². The highest BCUT2D eigenvalue weighted by atomic mass is 16.5. The molecule has 0 aliphatic carbocycles. The van der Waals surface area contributed by atoms with Crippen molar-refractivity contribution in [3.8, 4) is 17.2 Å². The lowest BCUT2D eigenvalue weighted by atomic mass is 10.2. The average Bonchev–Trinajstić information content (AvgIpc) is 2.87. The van der Waals surface area contributed by atoms with E-state index in [1.807, 2.05) is 83.8 Å². The fraction of sp³-hybridized carbons (Fsp3) is 0.269. The molecular weight excluding hydrogens is 404 g/mol. The zero-order valence-corrected chi connectivity index (χ0v) is 18.3. The first-order valence-electron chi connectivity index (χ1n) is 10.8. The second kappa shape index (κ2) is 10.6. The van der Waals surface area contributed by atoms with E-state index in [4.69, 9.17) is 14.2 Å². The smallest absolute Gasteiger partial charge is 0.260 e. The van der Waals surface area contributed by atoms with Crippen molar-refractivity contribution in [2.75, 3.05) is 44.8 Å². The third kappa shape index (κ3) is 5.52. The first-order valence-corrected chi connectivity index (χ1v) is 10.8. The minimum atomic E-state index is -0.00548. The molecule has 1 aliphatic heterocycles. The van der Waals surface area contributed by atoms with E-state index in [9.17, 15) is 4.79 Å². The molecule has 32 heavy (non-hydrogen) atoms. The van der Waals surface area contributed by atoms with Gasteiger partial charge >= 0.3 is 0 Å². The molecule has 3 aromatic carbocycles. The Bertz CT molecular complexity index is 1000. The number of para-hydroxylation sites is 2. The normalized spacial score (nSPS) is 13.5. The van der Waals surface area contributed by atoms with Crippen LogP contribution in [0.15, 0.2) is 78.9 Å². The van der Waals surface area contributed by atoms with E-state index >= 15 is 0 Å². The Labute approximate surface area is 188 Å². The van der Waals surface area contributed by atoms with E-state index in [1.165, 1.54) is 0 Å². The molecular formula is C26H28N2O4. The zero-order chi connectivity index (χ0) is 22.2. The second-order valence-electron chi connectivity index (χ2n) is 7.57. The molecule has 4 rings (SSSR count). The summed E-state index contributed by atoms with van der Waals surface area (Å²) in [7, 11) is 1.68. The van der Waals surface area contributed by atoms with E-state index in [1.54, 1.807) is 7.11 Å². The fourth-order valence-corrected chi connectivity index (χ4v) is 3.70. The van der Waals surface area contributed by atoms with Gasteiger partial charge in [0.05, 0.1) is 12.8 Å². The largest absolute Gasteiger partial charge is 0.495 e. The summed E-state index contributed by atoms with van der Waals surface area (Å²) in [5.74, 6) is 2.26. The molecule has 0 spiro atoms. The third-order valence-corrected chi connectivity index (χ3v) is 5.49. The number of hydrogen-bond donors (Lipinski definition) is 0. The summed E-state index contributed by atoms with van der Waals surface area (Å²) in [6.07, 6.45) is 0. The number of nitrogens with zero attached hydrogens (tertiary/aromatic N) is 2. The highest BCUT2D eigenvalue weighted by molar-refractivity contribution is 5.78. The maximum Gasteiger partial charge on any atom is 0.260 e. The average molecular weight is 433 g/mol. The van der Waals surface area contributed by atoms with Crippen LogP contribution in [0.4, 0.5) is 5.69 Å². The van der Waals surface area contributed by atoms with Gasteiger partial charge in [-0.1, -0.05) is 42.5 Å². The summed E-state index contributed by atoms with van der Waals surface area (Å²) in [4.78, 5) is 16.7. The third-order valence-electron chi connectivity index (χ3n) is 5.49. The number of rotatable bonds is 8. The molecule has 166 valence electrons. The summed E-state index contributed by atoms with van der Waals surface area (Å²) in [6, 6.07) is 25.4. The van der Waals surface area contributed by atoms with Crippen LogP contribution in [0.25, 0.3) is 0 Å². The van der Waals surface area contributed by atoms with E-state index in [0.717, 1.165) is 35.8 Å². The van der Waals surface area contributed by atoms with Crippen molar-refractivity contribution in [3.05, 3.63) is 84.4 Å². The van der Waals surface area contributed by atoms with Gasteiger partial charge in [0.2, 0.25) is 0 Å². The van der Waals surface area contributed by atoms with Crippen LogP contribution in [-0.2, 0) is 11.4 Å². The number of benzene rings is 3. The van der Waals surface area contributed by atoms with Crippen molar-refractivity contribution in [2.24, 2.45) is 0 Å². The molecule has 0 bridgehead atoms. The monoisotopic (exact) mass is 432 g/mol. The van der Waals surface area contributed by atoms with Gasteiger partial charge in [-0.3, -0.25) is 4.79 Å². The molecule has 0 radical (unpaired) electrons. The number of methoxy groups -OCH3 is 1. The number of amides is 1. The lowest BCUT2D eigenvalue weighted by molar-refractivity contribution is -0.133. The standard InChI is InChI=1S/C26H28N2O4/c1-30-25-10-6-5-9-24(25)27-15-17-28(18-16-27)26(29)20-32-23-13-11-22(12-14-23)31-19-21-7-3-2-4-8-21/h2-14H,15-20H2,1H3. The number of piperazine rings is 1. The Hall–Kier alpha value is -3.67. The number of ether oxygens (including phenoxy) is 3.